The van der Waals surface area contributed by atoms with Crippen LogP contribution >= 0.6 is 0 Å². The molecule has 0 aliphatic carbocycles. The van der Waals surface area contributed by atoms with Crippen LogP contribution in [0, 0.1) is 5.41 Å². The van der Waals surface area contributed by atoms with Crippen LogP contribution in [0.2, 0.25) is 0 Å². The summed E-state index contributed by atoms with van der Waals surface area (Å²) >= 11 is 0. The van der Waals surface area contributed by atoms with Gasteiger partial charge in [-0.3, -0.25) is 10.4 Å². The van der Waals surface area contributed by atoms with E-state index < -0.39 is 0 Å². The Kier molecular flexibility index (Phi) is 2.02. The van der Waals surface area contributed by atoms with E-state index in [1.165, 1.54) is 0 Å². The third-order valence-electron chi connectivity index (χ3n) is 1.87. The van der Waals surface area contributed by atoms with Crippen molar-refractivity contribution in [3.05, 3.63) is 52.4 Å². The van der Waals surface area contributed by atoms with Crippen molar-refractivity contribution in [3.63, 3.8) is 0 Å². The Hall–Kier alpha value is -2.10. The molecule has 2 aromatic rings. The lowest BCUT2D eigenvalue weighted by molar-refractivity contribution is 0.983. The van der Waals surface area contributed by atoms with Gasteiger partial charge in [0.05, 0.1) is 5.69 Å². The van der Waals surface area contributed by atoms with Crippen LogP contribution in [0.3, 0.4) is 0 Å². The summed E-state index contributed by atoms with van der Waals surface area (Å²) < 4.78 is 0. The fourth-order valence-corrected chi connectivity index (χ4v) is 1.27. The van der Waals surface area contributed by atoms with Crippen LogP contribution in [-0.2, 0) is 0 Å². The monoisotopic (exact) mass is 187 g/mol. The molecular formula is C10H9N3O. The predicted octanol–water partition coefficient (Wildman–Crippen LogP) is 0.849. The maximum Gasteiger partial charge on any atom is 0.324 e. The van der Waals surface area contributed by atoms with Gasteiger partial charge in [-0.1, -0.05) is 30.3 Å². The molecule has 0 atom stereocenters. The Bertz CT molecular complexity index is 511. The van der Waals surface area contributed by atoms with Gasteiger partial charge in [0.15, 0.2) is 0 Å². The third-order valence-corrected chi connectivity index (χ3v) is 1.87. The minimum Gasteiger partial charge on any atom is -0.307 e. The van der Waals surface area contributed by atoms with Gasteiger partial charge >= 0.3 is 5.69 Å². The second-order valence-electron chi connectivity index (χ2n) is 2.92. The molecule has 0 saturated heterocycles. The average molecular weight is 187 g/mol. The zero-order valence-corrected chi connectivity index (χ0v) is 7.37. The summed E-state index contributed by atoms with van der Waals surface area (Å²) in [6.45, 7) is 0. The van der Waals surface area contributed by atoms with Gasteiger partial charge < -0.3 is 4.98 Å². The van der Waals surface area contributed by atoms with Crippen LogP contribution in [0.5, 0.6) is 0 Å². The van der Waals surface area contributed by atoms with Gasteiger partial charge in [0, 0.05) is 6.07 Å². The molecule has 0 amide bonds. The quantitative estimate of drug-likeness (QED) is 0.608. The van der Waals surface area contributed by atoms with E-state index in [-0.39, 0.29) is 11.2 Å². The highest BCUT2D eigenvalue weighted by atomic mass is 16.1. The summed E-state index contributed by atoms with van der Waals surface area (Å²) in [6, 6.07) is 11.0. The molecule has 0 aliphatic heterocycles. The molecule has 0 fully saturated rings. The van der Waals surface area contributed by atoms with Gasteiger partial charge in [0.25, 0.3) is 0 Å². The summed E-state index contributed by atoms with van der Waals surface area (Å²) in [6.07, 6.45) is 0. The molecule has 0 spiro atoms. The number of aromatic nitrogens is 2. The standard InChI is InChI=1S/C10H9N3O/c11-9-6-8(12-10(14)13-9)7-4-2-1-3-5-7/h1-6H,(H3,11,12,13,14). The van der Waals surface area contributed by atoms with E-state index in [1.807, 2.05) is 30.3 Å². The number of hydrogen-bond donors (Lipinski definition) is 3. The van der Waals surface area contributed by atoms with Gasteiger partial charge in [0.1, 0.15) is 5.49 Å². The van der Waals surface area contributed by atoms with Gasteiger partial charge in [-0.2, -0.15) is 0 Å². The van der Waals surface area contributed by atoms with E-state index in [0.717, 1.165) is 5.56 Å². The summed E-state index contributed by atoms with van der Waals surface area (Å²) in [5, 5.41) is 7.35. The molecule has 2 rings (SSSR count). The molecule has 0 radical (unpaired) electrons. The highest BCUT2D eigenvalue weighted by molar-refractivity contribution is 5.57. The second-order valence-corrected chi connectivity index (χ2v) is 2.92. The molecule has 1 aromatic heterocycles. The molecule has 4 heteroatoms. The fourth-order valence-electron chi connectivity index (χ4n) is 1.27. The molecule has 1 heterocycles. The highest BCUT2D eigenvalue weighted by Crippen LogP contribution is 2.11. The molecule has 70 valence electrons. The van der Waals surface area contributed by atoms with Gasteiger partial charge in [-0.25, -0.2) is 4.79 Å². The molecule has 1 aromatic carbocycles. The summed E-state index contributed by atoms with van der Waals surface area (Å²) in [4.78, 5) is 16.0. The molecule has 0 saturated carbocycles. The van der Waals surface area contributed by atoms with E-state index in [4.69, 9.17) is 5.41 Å². The van der Waals surface area contributed by atoms with E-state index in [9.17, 15) is 4.79 Å². The largest absolute Gasteiger partial charge is 0.324 e. The van der Waals surface area contributed by atoms with Crippen LogP contribution in [0.25, 0.3) is 11.3 Å². The Morgan fingerprint density at radius 1 is 1.07 bits per heavy atom. The number of benzene rings is 1. The lowest BCUT2D eigenvalue weighted by Crippen LogP contribution is -2.21. The Balaban J connectivity index is 2.64. The van der Waals surface area contributed by atoms with E-state index in [2.05, 4.69) is 9.97 Å². The zero-order valence-electron chi connectivity index (χ0n) is 7.37. The minimum absolute atomic E-state index is 0.104. The lowest BCUT2D eigenvalue weighted by Gasteiger charge is -1.99. The van der Waals surface area contributed by atoms with Crippen LogP contribution in [-0.4, -0.2) is 9.97 Å². The fraction of sp³-hybridized carbons (Fsp3) is 0. The Morgan fingerprint density at radius 3 is 2.43 bits per heavy atom. The maximum atomic E-state index is 11.1. The maximum absolute atomic E-state index is 11.1. The topological polar surface area (TPSA) is 72.5 Å². The molecule has 3 N–H and O–H groups in total. The number of rotatable bonds is 1. The number of nitrogens with one attached hydrogen (secondary N) is 3. The first-order valence-corrected chi connectivity index (χ1v) is 4.19. The summed E-state index contributed by atoms with van der Waals surface area (Å²) in [5.41, 5.74) is 1.29. The van der Waals surface area contributed by atoms with Crippen molar-refractivity contribution in [2.45, 2.75) is 0 Å². The Labute approximate surface area is 79.8 Å². The molecule has 0 unspecified atom stereocenters. The van der Waals surface area contributed by atoms with Gasteiger partial charge in [-0.05, 0) is 5.56 Å². The lowest BCUT2D eigenvalue weighted by atomic mass is 10.1. The first kappa shape index (κ1) is 8.50. The van der Waals surface area contributed by atoms with Crippen LogP contribution in [0.15, 0.2) is 41.2 Å². The smallest absolute Gasteiger partial charge is 0.307 e. The van der Waals surface area contributed by atoms with E-state index in [1.54, 1.807) is 6.07 Å². The van der Waals surface area contributed by atoms with Crippen molar-refractivity contribution in [2.24, 2.45) is 0 Å². The summed E-state index contributed by atoms with van der Waals surface area (Å²) in [5.74, 6) is 0. The SMILES string of the molecule is N=c1cc(-c2ccccc2)[nH]c(=O)[nH]1. The third kappa shape index (κ3) is 1.64. The molecule has 4 nitrogen and oxygen atoms in total. The minimum atomic E-state index is -0.364. The normalized spacial score (nSPS) is 10.0. The van der Waals surface area contributed by atoms with Crippen LogP contribution < -0.4 is 11.2 Å². The van der Waals surface area contributed by atoms with Crippen molar-refractivity contribution in [2.75, 3.05) is 0 Å². The molecule has 0 bridgehead atoms. The van der Waals surface area contributed by atoms with Crippen molar-refractivity contribution < 1.29 is 0 Å². The number of aromatic amines is 2. The molecule has 14 heavy (non-hydrogen) atoms. The van der Waals surface area contributed by atoms with Crippen molar-refractivity contribution in [1.29, 1.82) is 5.41 Å². The highest BCUT2D eigenvalue weighted by Gasteiger charge is 1.96. The Morgan fingerprint density at radius 2 is 1.79 bits per heavy atom. The van der Waals surface area contributed by atoms with Crippen LogP contribution in [0.4, 0.5) is 0 Å². The van der Waals surface area contributed by atoms with Crippen molar-refractivity contribution in [3.8, 4) is 11.3 Å². The van der Waals surface area contributed by atoms with Gasteiger partial charge in [0.2, 0.25) is 0 Å². The first-order chi connectivity index (χ1) is 6.75. The number of H-pyrrole nitrogens is 2. The number of hydrogen-bond acceptors (Lipinski definition) is 2. The second kappa shape index (κ2) is 3.33. The van der Waals surface area contributed by atoms with Crippen molar-refractivity contribution in [1.82, 2.24) is 9.97 Å². The van der Waals surface area contributed by atoms with E-state index in [0.29, 0.717) is 5.69 Å². The average Bonchev–Trinajstić information content (AvgIpc) is 2.18. The van der Waals surface area contributed by atoms with Gasteiger partial charge in [-0.15, -0.1) is 0 Å². The zero-order chi connectivity index (χ0) is 9.97. The molecule has 0 aliphatic rings. The van der Waals surface area contributed by atoms with Crippen molar-refractivity contribution >= 4 is 0 Å². The molecular weight excluding hydrogens is 178 g/mol. The van der Waals surface area contributed by atoms with E-state index >= 15 is 0 Å². The van der Waals surface area contributed by atoms with Crippen LogP contribution in [0.1, 0.15) is 0 Å². The first-order valence-electron chi connectivity index (χ1n) is 4.19. The summed E-state index contributed by atoms with van der Waals surface area (Å²) in [7, 11) is 0. The predicted molar refractivity (Wildman–Crippen MR) is 52.7 cm³/mol.